The molecule has 0 aliphatic carbocycles. The lowest BCUT2D eigenvalue weighted by Crippen LogP contribution is -2.50. The number of aromatic nitrogens is 1. The first-order chi connectivity index (χ1) is 14.2. The Hall–Kier alpha value is -2.59. The van der Waals surface area contributed by atoms with E-state index in [4.69, 9.17) is 9.47 Å². The molecule has 1 amide bonds. The molecular weight excluding hydrogens is 398 g/mol. The summed E-state index contributed by atoms with van der Waals surface area (Å²) in [5, 5.41) is 10.3. The first-order valence-electron chi connectivity index (χ1n) is 10.4. The van der Waals surface area contributed by atoms with Crippen molar-refractivity contribution in [1.29, 1.82) is 5.26 Å². The van der Waals surface area contributed by atoms with Crippen molar-refractivity contribution in [3.05, 3.63) is 34.8 Å². The van der Waals surface area contributed by atoms with Gasteiger partial charge < -0.3 is 14.4 Å². The van der Waals surface area contributed by atoms with Crippen molar-refractivity contribution in [1.82, 2.24) is 9.88 Å². The maximum absolute atomic E-state index is 12.6. The largest absolute Gasteiger partial charge is 0.490 e. The standard InChI is InChI=1S/C23H27N3O3S/c1-14-13-25-21(30-14)16-7-15(12-24)8-19(9-16)28-20-10-17-5-6-18(11-20)26(17)22(27)29-23(2,3)4/h7-9,13,17-18,20H,5-6,10-11H2,1-4H3/t17-,18+,20?. The normalized spacial score (nSPS) is 23.2. The minimum atomic E-state index is -0.494. The summed E-state index contributed by atoms with van der Waals surface area (Å²) < 4.78 is 11.9. The second-order valence-electron chi connectivity index (χ2n) is 9.12. The molecule has 2 fully saturated rings. The molecule has 0 saturated carbocycles. The van der Waals surface area contributed by atoms with Crippen molar-refractivity contribution >= 4 is 17.4 Å². The summed E-state index contributed by atoms with van der Waals surface area (Å²) in [6, 6.07) is 8.10. The Morgan fingerprint density at radius 2 is 1.93 bits per heavy atom. The van der Waals surface area contributed by atoms with Gasteiger partial charge in [-0.15, -0.1) is 11.3 Å². The molecule has 0 N–H and O–H groups in total. The molecule has 6 nitrogen and oxygen atoms in total. The third-order valence-corrected chi connectivity index (χ3v) is 6.46. The number of carbonyl (C=O) groups is 1. The maximum Gasteiger partial charge on any atom is 0.410 e. The lowest BCUT2D eigenvalue weighted by atomic mass is 10.00. The minimum absolute atomic E-state index is 0.0148. The molecule has 2 saturated heterocycles. The molecule has 1 aromatic carbocycles. The van der Waals surface area contributed by atoms with Crippen LogP contribution in [0.15, 0.2) is 24.4 Å². The fourth-order valence-corrected chi connectivity index (χ4v) is 5.12. The summed E-state index contributed by atoms with van der Waals surface area (Å²) in [5.41, 5.74) is 0.965. The van der Waals surface area contributed by atoms with Crippen molar-refractivity contribution < 1.29 is 14.3 Å². The van der Waals surface area contributed by atoms with Gasteiger partial charge in [-0.2, -0.15) is 5.26 Å². The number of aryl methyl sites for hydroxylation is 1. The Kier molecular flexibility index (Phi) is 5.46. The van der Waals surface area contributed by atoms with Gasteiger partial charge >= 0.3 is 6.09 Å². The molecule has 0 radical (unpaired) electrons. The zero-order chi connectivity index (χ0) is 21.5. The zero-order valence-electron chi connectivity index (χ0n) is 17.8. The van der Waals surface area contributed by atoms with E-state index in [1.165, 1.54) is 0 Å². The first-order valence-corrected chi connectivity index (χ1v) is 11.2. The predicted molar refractivity (Wildman–Crippen MR) is 116 cm³/mol. The summed E-state index contributed by atoms with van der Waals surface area (Å²) >= 11 is 1.60. The molecule has 1 aromatic heterocycles. The summed E-state index contributed by atoms with van der Waals surface area (Å²) in [6.45, 7) is 7.70. The van der Waals surface area contributed by atoms with Gasteiger partial charge in [-0.05, 0) is 58.7 Å². The number of fused-ring (bicyclic) bond motifs is 2. The molecule has 158 valence electrons. The SMILES string of the molecule is Cc1cnc(-c2cc(C#N)cc(OC3C[C@H]4CC[C@@H](C3)N4C(=O)OC(C)(C)C)c2)s1. The number of amides is 1. The molecular formula is C23H27N3O3S. The number of thiazole rings is 1. The van der Waals surface area contributed by atoms with E-state index in [0.717, 1.165) is 41.1 Å². The van der Waals surface area contributed by atoms with Crippen LogP contribution in [0.25, 0.3) is 10.6 Å². The monoisotopic (exact) mass is 425 g/mol. The number of ether oxygens (including phenoxy) is 2. The molecule has 3 atom stereocenters. The van der Waals surface area contributed by atoms with Crippen LogP contribution in [0, 0.1) is 18.3 Å². The van der Waals surface area contributed by atoms with E-state index >= 15 is 0 Å². The second-order valence-corrected chi connectivity index (χ2v) is 10.4. The van der Waals surface area contributed by atoms with Gasteiger partial charge in [-0.3, -0.25) is 0 Å². The molecule has 30 heavy (non-hydrogen) atoms. The van der Waals surface area contributed by atoms with Crippen LogP contribution in [0.2, 0.25) is 0 Å². The smallest absolute Gasteiger partial charge is 0.410 e. The third-order valence-electron chi connectivity index (χ3n) is 5.50. The molecule has 0 spiro atoms. The van der Waals surface area contributed by atoms with Gasteiger partial charge in [0.2, 0.25) is 0 Å². The molecule has 2 aromatic rings. The van der Waals surface area contributed by atoms with Gasteiger partial charge in [-0.1, -0.05) is 0 Å². The van der Waals surface area contributed by atoms with Gasteiger partial charge in [0.25, 0.3) is 0 Å². The number of hydrogen-bond donors (Lipinski definition) is 0. The number of hydrogen-bond acceptors (Lipinski definition) is 6. The van der Waals surface area contributed by atoms with E-state index in [9.17, 15) is 10.1 Å². The predicted octanol–water partition coefficient (Wildman–Crippen LogP) is 5.30. The fraction of sp³-hybridized carbons (Fsp3) is 0.522. The summed E-state index contributed by atoms with van der Waals surface area (Å²) in [4.78, 5) is 20.1. The highest BCUT2D eigenvalue weighted by molar-refractivity contribution is 7.14. The van der Waals surface area contributed by atoms with Crippen LogP contribution in [0.5, 0.6) is 5.75 Å². The van der Waals surface area contributed by atoms with Crippen LogP contribution in [-0.4, -0.2) is 39.8 Å². The van der Waals surface area contributed by atoms with E-state index in [2.05, 4.69) is 11.1 Å². The van der Waals surface area contributed by atoms with Crippen molar-refractivity contribution in [2.24, 2.45) is 0 Å². The van der Waals surface area contributed by atoms with Crippen LogP contribution in [0.1, 0.15) is 56.9 Å². The highest BCUT2D eigenvalue weighted by atomic mass is 32.1. The summed E-state index contributed by atoms with van der Waals surface area (Å²) in [7, 11) is 0. The number of benzene rings is 1. The van der Waals surface area contributed by atoms with Crippen molar-refractivity contribution in [3.63, 3.8) is 0 Å². The Labute approximate surface area is 181 Å². The van der Waals surface area contributed by atoms with Gasteiger partial charge in [0.1, 0.15) is 22.5 Å². The fourth-order valence-electron chi connectivity index (χ4n) is 4.37. The van der Waals surface area contributed by atoms with Gasteiger partial charge in [0, 0.05) is 41.6 Å². The Morgan fingerprint density at radius 3 is 2.50 bits per heavy atom. The Bertz CT molecular complexity index is 974. The average molecular weight is 426 g/mol. The lowest BCUT2D eigenvalue weighted by molar-refractivity contribution is -0.00706. The first kappa shape index (κ1) is 20.7. The van der Waals surface area contributed by atoms with Crippen molar-refractivity contribution in [2.75, 3.05) is 0 Å². The number of carbonyl (C=O) groups excluding carboxylic acids is 1. The molecule has 2 aliphatic heterocycles. The summed E-state index contributed by atoms with van der Waals surface area (Å²) in [5.74, 6) is 0.687. The van der Waals surface area contributed by atoms with Gasteiger partial charge in [-0.25, -0.2) is 9.78 Å². The topological polar surface area (TPSA) is 75.5 Å². The highest BCUT2D eigenvalue weighted by Crippen LogP contribution is 2.39. The van der Waals surface area contributed by atoms with E-state index in [0.29, 0.717) is 11.3 Å². The van der Waals surface area contributed by atoms with Crippen LogP contribution in [0.3, 0.4) is 0 Å². The number of nitrogens with zero attached hydrogens (tertiary/aromatic N) is 3. The van der Waals surface area contributed by atoms with Crippen LogP contribution < -0.4 is 4.74 Å². The molecule has 2 bridgehead atoms. The molecule has 7 heteroatoms. The van der Waals surface area contributed by atoms with Gasteiger partial charge in [0.15, 0.2) is 0 Å². The van der Waals surface area contributed by atoms with E-state index in [1.54, 1.807) is 17.4 Å². The third kappa shape index (κ3) is 4.44. The highest BCUT2D eigenvalue weighted by Gasteiger charge is 2.45. The van der Waals surface area contributed by atoms with Crippen molar-refractivity contribution in [3.8, 4) is 22.4 Å². The molecule has 4 rings (SSSR count). The Balaban J connectivity index is 1.49. The average Bonchev–Trinajstić information content (AvgIpc) is 3.21. The number of nitriles is 1. The van der Waals surface area contributed by atoms with Crippen LogP contribution in [0.4, 0.5) is 4.79 Å². The van der Waals surface area contributed by atoms with Crippen LogP contribution >= 0.6 is 11.3 Å². The van der Waals surface area contributed by atoms with Crippen LogP contribution in [-0.2, 0) is 4.74 Å². The zero-order valence-corrected chi connectivity index (χ0v) is 18.7. The molecule has 2 aliphatic rings. The number of piperidine rings is 1. The summed E-state index contributed by atoms with van der Waals surface area (Å²) in [6.07, 6.45) is 5.14. The Morgan fingerprint density at radius 1 is 1.23 bits per heavy atom. The van der Waals surface area contributed by atoms with Gasteiger partial charge in [0.05, 0.1) is 11.6 Å². The van der Waals surface area contributed by atoms with E-state index in [-0.39, 0.29) is 24.3 Å². The van der Waals surface area contributed by atoms with E-state index < -0.39 is 5.60 Å². The number of rotatable bonds is 3. The molecule has 1 unspecified atom stereocenters. The lowest BCUT2D eigenvalue weighted by Gasteiger charge is -2.39. The quantitative estimate of drug-likeness (QED) is 0.667. The van der Waals surface area contributed by atoms with E-state index in [1.807, 2.05) is 50.9 Å². The van der Waals surface area contributed by atoms with Crippen molar-refractivity contribution in [2.45, 2.75) is 77.2 Å². The minimum Gasteiger partial charge on any atom is -0.490 e. The maximum atomic E-state index is 12.6. The molecule has 3 heterocycles. The second kappa shape index (κ2) is 7.92.